The molecule has 0 aliphatic carbocycles. The molecule has 0 spiro atoms. The Morgan fingerprint density at radius 2 is 2.13 bits per heavy atom. The number of oxazole rings is 1. The lowest BCUT2D eigenvalue weighted by Gasteiger charge is -2.19. The maximum atomic E-state index is 5.68. The molecule has 2 aromatic rings. The van der Waals surface area contributed by atoms with Crippen molar-refractivity contribution >= 4 is 11.1 Å². The predicted octanol–water partition coefficient (Wildman–Crippen LogP) is 3.14. The lowest BCUT2D eigenvalue weighted by molar-refractivity contribution is -0.0149. The number of hydrogen-bond donors (Lipinski definition) is 0. The number of benzene rings is 1. The molecule has 2 rings (SSSR count). The van der Waals surface area contributed by atoms with E-state index in [1.807, 2.05) is 39.0 Å². The molecule has 0 aliphatic rings. The van der Waals surface area contributed by atoms with Crippen LogP contribution in [0.2, 0.25) is 0 Å². The minimum absolute atomic E-state index is 0.115. The standard InChI is InChI=1S/C12H15NO2/c1-12(2,3)15-7-9-4-5-10-11(6-9)14-8-13-10/h4-6,8H,7H2,1-3H3. The summed E-state index contributed by atoms with van der Waals surface area (Å²) >= 11 is 0. The monoisotopic (exact) mass is 205 g/mol. The first-order valence-corrected chi connectivity index (χ1v) is 5.01. The van der Waals surface area contributed by atoms with Gasteiger partial charge in [-0.05, 0) is 38.5 Å². The number of ether oxygens (including phenoxy) is 1. The number of rotatable bonds is 2. The second-order valence-electron chi connectivity index (χ2n) is 4.56. The molecule has 0 fully saturated rings. The first kappa shape index (κ1) is 10.2. The van der Waals surface area contributed by atoms with Gasteiger partial charge in [-0.15, -0.1) is 0 Å². The van der Waals surface area contributed by atoms with Crippen LogP contribution >= 0.6 is 0 Å². The van der Waals surface area contributed by atoms with E-state index in [0.29, 0.717) is 6.61 Å². The Morgan fingerprint density at radius 3 is 2.87 bits per heavy atom. The Hall–Kier alpha value is -1.35. The van der Waals surface area contributed by atoms with Crippen LogP contribution in [0, 0.1) is 0 Å². The van der Waals surface area contributed by atoms with E-state index in [-0.39, 0.29) is 5.60 Å². The van der Waals surface area contributed by atoms with Crippen molar-refractivity contribution < 1.29 is 9.15 Å². The van der Waals surface area contributed by atoms with E-state index in [2.05, 4.69) is 4.98 Å². The van der Waals surface area contributed by atoms with E-state index < -0.39 is 0 Å². The molecule has 0 aliphatic heterocycles. The van der Waals surface area contributed by atoms with Gasteiger partial charge in [0.2, 0.25) is 0 Å². The van der Waals surface area contributed by atoms with Gasteiger partial charge in [-0.1, -0.05) is 6.07 Å². The van der Waals surface area contributed by atoms with E-state index in [1.54, 1.807) is 0 Å². The van der Waals surface area contributed by atoms with Gasteiger partial charge in [0.25, 0.3) is 0 Å². The molecule has 0 saturated heterocycles. The molecular formula is C12H15NO2. The third-order valence-corrected chi connectivity index (χ3v) is 2.07. The Bertz CT molecular complexity index is 454. The Kier molecular flexibility index (Phi) is 2.49. The number of aromatic nitrogens is 1. The molecule has 15 heavy (non-hydrogen) atoms. The fourth-order valence-corrected chi connectivity index (χ4v) is 1.29. The van der Waals surface area contributed by atoms with Gasteiger partial charge in [-0.3, -0.25) is 0 Å². The molecule has 1 heterocycles. The quantitative estimate of drug-likeness (QED) is 0.755. The number of hydrogen-bond acceptors (Lipinski definition) is 3. The maximum Gasteiger partial charge on any atom is 0.181 e. The van der Waals surface area contributed by atoms with Gasteiger partial charge in [0.1, 0.15) is 5.52 Å². The summed E-state index contributed by atoms with van der Waals surface area (Å²) in [6.45, 7) is 6.72. The van der Waals surface area contributed by atoms with E-state index in [9.17, 15) is 0 Å². The van der Waals surface area contributed by atoms with Crippen molar-refractivity contribution in [2.24, 2.45) is 0 Å². The third kappa shape index (κ3) is 2.57. The van der Waals surface area contributed by atoms with Crippen molar-refractivity contribution in [1.82, 2.24) is 4.98 Å². The smallest absolute Gasteiger partial charge is 0.181 e. The summed E-state index contributed by atoms with van der Waals surface area (Å²) in [6.07, 6.45) is 1.46. The zero-order valence-corrected chi connectivity index (χ0v) is 9.28. The highest BCUT2D eigenvalue weighted by Gasteiger charge is 2.10. The number of fused-ring (bicyclic) bond motifs is 1. The molecule has 0 saturated carbocycles. The minimum Gasteiger partial charge on any atom is -0.443 e. The molecule has 0 N–H and O–H groups in total. The van der Waals surface area contributed by atoms with Crippen LogP contribution in [-0.2, 0) is 11.3 Å². The van der Waals surface area contributed by atoms with Gasteiger partial charge in [-0.2, -0.15) is 0 Å². The first-order chi connectivity index (χ1) is 7.04. The molecule has 3 nitrogen and oxygen atoms in total. The first-order valence-electron chi connectivity index (χ1n) is 5.01. The second-order valence-corrected chi connectivity index (χ2v) is 4.56. The molecule has 1 aromatic heterocycles. The van der Waals surface area contributed by atoms with Gasteiger partial charge in [-0.25, -0.2) is 4.98 Å². The molecular weight excluding hydrogens is 190 g/mol. The lowest BCUT2D eigenvalue weighted by atomic mass is 10.2. The second kappa shape index (κ2) is 3.66. The summed E-state index contributed by atoms with van der Waals surface area (Å²) in [7, 11) is 0. The molecule has 80 valence electrons. The fraction of sp³-hybridized carbons (Fsp3) is 0.417. The average Bonchev–Trinajstić information content (AvgIpc) is 2.60. The summed E-state index contributed by atoms with van der Waals surface area (Å²) < 4.78 is 10.9. The summed E-state index contributed by atoms with van der Waals surface area (Å²) in [5.41, 5.74) is 2.69. The third-order valence-electron chi connectivity index (χ3n) is 2.07. The minimum atomic E-state index is -0.115. The Balaban J connectivity index is 2.15. The Labute approximate surface area is 89.1 Å². The van der Waals surface area contributed by atoms with Crippen molar-refractivity contribution in [1.29, 1.82) is 0 Å². The fourth-order valence-electron chi connectivity index (χ4n) is 1.29. The van der Waals surface area contributed by atoms with Crippen LogP contribution in [0.4, 0.5) is 0 Å². The topological polar surface area (TPSA) is 35.3 Å². The van der Waals surface area contributed by atoms with Gasteiger partial charge < -0.3 is 9.15 Å². The van der Waals surface area contributed by atoms with Crippen LogP contribution in [-0.4, -0.2) is 10.6 Å². The van der Waals surface area contributed by atoms with Crippen molar-refractivity contribution in [3.8, 4) is 0 Å². The van der Waals surface area contributed by atoms with Crippen LogP contribution in [0.15, 0.2) is 29.0 Å². The predicted molar refractivity (Wildman–Crippen MR) is 58.6 cm³/mol. The molecule has 0 atom stereocenters. The van der Waals surface area contributed by atoms with Gasteiger partial charge in [0.15, 0.2) is 12.0 Å². The van der Waals surface area contributed by atoms with Crippen LogP contribution in [0.25, 0.3) is 11.1 Å². The van der Waals surface area contributed by atoms with Crippen molar-refractivity contribution in [2.75, 3.05) is 0 Å². The normalized spacial score (nSPS) is 12.2. The molecule has 0 unspecified atom stereocenters. The van der Waals surface area contributed by atoms with Gasteiger partial charge in [0, 0.05) is 0 Å². The molecule has 0 amide bonds. The van der Waals surface area contributed by atoms with E-state index in [0.717, 1.165) is 16.7 Å². The Morgan fingerprint density at radius 1 is 1.33 bits per heavy atom. The zero-order chi connectivity index (χ0) is 10.9. The highest BCUT2D eigenvalue weighted by atomic mass is 16.5. The lowest BCUT2D eigenvalue weighted by Crippen LogP contribution is -2.18. The summed E-state index contributed by atoms with van der Waals surface area (Å²) in [5.74, 6) is 0. The average molecular weight is 205 g/mol. The summed E-state index contributed by atoms with van der Waals surface area (Å²) in [5, 5.41) is 0. The summed E-state index contributed by atoms with van der Waals surface area (Å²) in [4.78, 5) is 4.06. The molecule has 1 aromatic carbocycles. The van der Waals surface area contributed by atoms with Crippen LogP contribution in [0.3, 0.4) is 0 Å². The maximum absolute atomic E-state index is 5.68. The van der Waals surface area contributed by atoms with Crippen molar-refractivity contribution in [3.63, 3.8) is 0 Å². The SMILES string of the molecule is CC(C)(C)OCc1ccc2ncoc2c1. The van der Waals surface area contributed by atoms with Crippen LogP contribution in [0.1, 0.15) is 26.3 Å². The van der Waals surface area contributed by atoms with Crippen molar-refractivity contribution in [3.05, 3.63) is 30.2 Å². The highest BCUT2D eigenvalue weighted by molar-refractivity contribution is 5.72. The number of nitrogens with zero attached hydrogens (tertiary/aromatic N) is 1. The molecule has 3 heteroatoms. The highest BCUT2D eigenvalue weighted by Crippen LogP contribution is 2.17. The zero-order valence-electron chi connectivity index (χ0n) is 9.28. The largest absolute Gasteiger partial charge is 0.443 e. The van der Waals surface area contributed by atoms with Crippen LogP contribution < -0.4 is 0 Å². The molecule has 0 radical (unpaired) electrons. The van der Waals surface area contributed by atoms with Crippen molar-refractivity contribution in [2.45, 2.75) is 33.0 Å². The van der Waals surface area contributed by atoms with E-state index in [4.69, 9.17) is 9.15 Å². The van der Waals surface area contributed by atoms with Gasteiger partial charge in [0.05, 0.1) is 12.2 Å². The van der Waals surface area contributed by atoms with Crippen LogP contribution in [0.5, 0.6) is 0 Å². The summed E-state index contributed by atoms with van der Waals surface area (Å²) in [6, 6.07) is 5.92. The van der Waals surface area contributed by atoms with E-state index in [1.165, 1.54) is 6.39 Å². The van der Waals surface area contributed by atoms with Gasteiger partial charge >= 0.3 is 0 Å². The molecule has 0 bridgehead atoms. The van der Waals surface area contributed by atoms with E-state index >= 15 is 0 Å².